The Morgan fingerprint density at radius 3 is 2.22 bits per heavy atom. The van der Waals surface area contributed by atoms with E-state index in [1.807, 2.05) is 39.0 Å². The van der Waals surface area contributed by atoms with Crippen molar-refractivity contribution in [1.29, 1.82) is 0 Å². The standard InChI is InChI=1S/C23H24ClNO2/c1-15(2)23(22(26)27,18-11-13-19(24)14-12-18)25-16(3)20-10-6-8-17-7-4-5-9-21(17)20/h4-16,25H,1-3H3,(H,26,27)/t16-,23-/m0/s1. The normalized spacial score (nSPS) is 14.9. The van der Waals surface area contributed by atoms with Gasteiger partial charge in [-0.2, -0.15) is 0 Å². The summed E-state index contributed by atoms with van der Waals surface area (Å²) >= 11 is 6.02. The number of halogens is 1. The third-order valence-corrected chi connectivity index (χ3v) is 5.49. The molecule has 0 aliphatic rings. The Morgan fingerprint density at radius 1 is 0.963 bits per heavy atom. The van der Waals surface area contributed by atoms with E-state index in [1.165, 1.54) is 0 Å². The van der Waals surface area contributed by atoms with Crippen molar-refractivity contribution in [2.24, 2.45) is 5.92 Å². The SMILES string of the molecule is CC(C)[C@@](N[C@@H](C)c1cccc2ccccc12)(C(=O)O)c1ccc(Cl)cc1. The monoisotopic (exact) mass is 381 g/mol. The number of benzene rings is 3. The zero-order valence-corrected chi connectivity index (χ0v) is 16.5. The molecule has 3 nitrogen and oxygen atoms in total. The maximum atomic E-state index is 12.5. The van der Waals surface area contributed by atoms with Gasteiger partial charge in [0.2, 0.25) is 0 Å². The minimum atomic E-state index is -1.22. The maximum absolute atomic E-state index is 12.5. The Morgan fingerprint density at radius 2 is 1.59 bits per heavy atom. The van der Waals surface area contributed by atoms with E-state index in [0.29, 0.717) is 10.6 Å². The summed E-state index contributed by atoms with van der Waals surface area (Å²) in [5.41, 5.74) is 0.552. The smallest absolute Gasteiger partial charge is 0.328 e. The van der Waals surface area contributed by atoms with Crippen LogP contribution >= 0.6 is 11.6 Å². The van der Waals surface area contributed by atoms with Crippen molar-refractivity contribution in [3.05, 3.63) is 82.9 Å². The molecule has 0 bridgehead atoms. The molecule has 0 spiro atoms. The van der Waals surface area contributed by atoms with Crippen molar-refractivity contribution in [2.75, 3.05) is 0 Å². The Labute approximate surface area is 165 Å². The average molecular weight is 382 g/mol. The van der Waals surface area contributed by atoms with E-state index in [4.69, 9.17) is 11.6 Å². The van der Waals surface area contributed by atoms with Crippen LogP contribution in [0.2, 0.25) is 5.02 Å². The highest BCUT2D eigenvalue weighted by molar-refractivity contribution is 6.30. The lowest BCUT2D eigenvalue weighted by Crippen LogP contribution is -2.54. The van der Waals surface area contributed by atoms with E-state index >= 15 is 0 Å². The molecule has 4 heteroatoms. The predicted molar refractivity (Wildman–Crippen MR) is 111 cm³/mol. The fraction of sp³-hybridized carbons (Fsp3) is 0.261. The highest BCUT2D eigenvalue weighted by Crippen LogP contribution is 2.35. The summed E-state index contributed by atoms with van der Waals surface area (Å²) < 4.78 is 0. The van der Waals surface area contributed by atoms with Gasteiger partial charge in [0, 0.05) is 11.1 Å². The van der Waals surface area contributed by atoms with Gasteiger partial charge in [-0.1, -0.05) is 80.0 Å². The van der Waals surface area contributed by atoms with Gasteiger partial charge in [0.25, 0.3) is 0 Å². The van der Waals surface area contributed by atoms with E-state index in [-0.39, 0.29) is 12.0 Å². The van der Waals surface area contributed by atoms with Crippen molar-refractivity contribution in [2.45, 2.75) is 32.4 Å². The number of carboxylic acids is 1. The molecule has 3 aromatic carbocycles. The maximum Gasteiger partial charge on any atom is 0.328 e. The first kappa shape index (κ1) is 19.4. The predicted octanol–water partition coefficient (Wildman–Crippen LogP) is 5.78. The van der Waals surface area contributed by atoms with Gasteiger partial charge in [-0.15, -0.1) is 0 Å². The van der Waals surface area contributed by atoms with E-state index in [1.54, 1.807) is 24.3 Å². The van der Waals surface area contributed by atoms with Crippen LogP contribution < -0.4 is 5.32 Å². The second kappa shape index (κ2) is 7.71. The molecule has 3 aromatic rings. The Bertz CT molecular complexity index is 947. The molecule has 2 atom stereocenters. The highest BCUT2D eigenvalue weighted by Gasteiger charge is 2.44. The number of carboxylic acid groups (broad SMARTS) is 1. The minimum absolute atomic E-state index is 0.162. The molecule has 0 aromatic heterocycles. The summed E-state index contributed by atoms with van der Waals surface area (Å²) in [5.74, 6) is -1.07. The summed E-state index contributed by atoms with van der Waals surface area (Å²) in [6.45, 7) is 5.86. The molecule has 2 N–H and O–H groups in total. The fourth-order valence-electron chi connectivity index (χ4n) is 3.78. The molecule has 0 heterocycles. The Hall–Kier alpha value is -2.36. The minimum Gasteiger partial charge on any atom is -0.480 e. The third-order valence-electron chi connectivity index (χ3n) is 5.24. The summed E-state index contributed by atoms with van der Waals surface area (Å²) in [7, 11) is 0. The molecule has 0 saturated carbocycles. The van der Waals surface area contributed by atoms with Gasteiger partial charge in [-0.25, -0.2) is 4.79 Å². The van der Waals surface area contributed by atoms with Crippen LogP contribution in [0.15, 0.2) is 66.7 Å². The molecule has 27 heavy (non-hydrogen) atoms. The van der Waals surface area contributed by atoms with E-state index < -0.39 is 11.5 Å². The molecule has 0 amide bonds. The average Bonchev–Trinajstić information content (AvgIpc) is 2.65. The summed E-state index contributed by atoms with van der Waals surface area (Å²) in [5, 5.41) is 16.5. The van der Waals surface area contributed by atoms with Gasteiger partial charge in [0.15, 0.2) is 0 Å². The number of aliphatic carboxylic acids is 1. The molecule has 140 valence electrons. The first-order chi connectivity index (χ1) is 12.9. The second-order valence-corrected chi connectivity index (χ2v) is 7.65. The van der Waals surface area contributed by atoms with E-state index in [0.717, 1.165) is 16.3 Å². The molecule has 0 fully saturated rings. The number of fused-ring (bicyclic) bond motifs is 1. The largest absolute Gasteiger partial charge is 0.480 e. The van der Waals surface area contributed by atoms with Gasteiger partial charge < -0.3 is 5.11 Å². The molecule has 0 saturated heterocycles. The quantitative estimate of drug-likeness (QED) is 0.569. The van der Waals surface area contributed by atoms with Crippen molar-refractivity contribution < 1.29 is 9.90 Å². The van der Waals surface area contributed by atoms with Gasteiger partial charge in [-0.3, -0.25) is 5.32 Å². The van der Waals surface area contributed by atoms with Crippen LogP contribution in [0.1, 0.15) is 37.9 Å². The summed E-state index contributed by atoms with van der Waals surface area (Å²) in [6.07, 6.45) is 0. The number of rotatable bonds is 6. The first-order valence-electron chi connectivity index (χ1n) is 9.11. The van der Waals surface area contributed by atoms with Crippen molar-refractivity contribution in [3.8, 4) is 0 Å². The van der Waals surface area contributed by atoms with Gasteiger partial charge >= 0.3 is 5.97 Å². The molecule has 3 rings (SSSR count). The first-order valence-corrected chi connectivity index (χ1v) is 9.49. The molecular weight excluding hydrogens is 358 g/mol. The van der Waals surface area contributed by atoms with E-state index in [2.05, 4.69) is 29.6 Å². The third kappa shape index (κ3) is 3.58. The van der Waals surface area contributed by atoms with Crippen molar-refractivity contribution in [1.82, 2.24) is 5.32 Å². The zero-order valence-electron chi connectivity index (χ0n) is 15.7. The van der Waals surface area contributed by atoms with Gasteiger partial charge in [-0.05, 0) is 46.9 Å². The summed E-state index contributed by atoms with van der Waals surface area (Å²) in [4.78, 5) is 12.5. The molecule has 0 unspecified atom stereocenters. The highest BCUT2D eigenvalue weighted by atomic mass is 35.5. The number of hydrogen-bond donors (Lipinski definition) is 2. The number of carbonyl (C=O) groups is 1. The van der Waals surface area contributed by atoms with Gasteiger partial charge in [0.1, 0.15) is 5.54 Å². The topological polar surface area (TPSA) is 49.3 Å². The molecular formula is C23H24ClNO2. The van der Waals surface area contributed by atoms with Gasteiger partial charge in [0.05, 0.1) is 0 Å². The Kier molecular flexibility index (Phi) is 5.54. The van der Waals surface area contributed by atoms with Crippen LogP contribution in [-0.4, -0.2) is 11.1 Å². The molecule has 0 radical (unpaired) electrons. The zero-order chi connectivity index (χ0) is 19.6. The van der Waals surface area contributed by atoms with E-state index in [9.17, 15) is 9.90 Å². The number of nitrogens with one attached hydrogen (secondary N) is 1. The lowest BCUT2D eigenvalue weighted by Gasteiger charge is -2.38. The summed E-state index contributed by atoms with van der Waals surface area (Å²) in [6, 6.07) is 21.2. The van der Waals surface area contributed by atoms with Crippen LogP contribution in [0.4, 0.5) is 0 Å². The second-order valence-electron chi connectivity index (χ2n) is 7.21. The fourth-order valence-corrected chi connectivity index (χ4v) is 3.90. The van der Waals surface area contributed by atoms with Crippen molar-refractivity contribution >= 4 is 28.3 Å². The molecule has 0 aliphatic carbocycles. The van der Waals surface area contributed by atoms with Crippen LogP contribution in [0.5, 0.6) is 0 Å². The van der Waals surface area contributed by atoms with Crippen LogP contribution in [0.3, 0.4) is 0 Å². The van der Waals surface area contributed by atoms with Crippen LogP contribution in [0.25, 0.3) is 10.8 Å². The number of hydrogen-bond acceptors (Lipinski definition) is 2. The lowest BCUT2D eigenvalue weighted by atomic mass is 9.78. The van der Waals surface area contributed by atoms with Crippen LogP contribution in [-0.2, 0) is 10.3 Å². The lowest BCUT2D eigenvalue weighted by molar-refractivity contribution is -0.148. The Balaban J connectivity index is 2.08. The van der Waals surface area contributed by atoms with Crippen molar-refractivity contribution in [3.63, 3.8) is 0 Å². The van der Waals surface area contributed by atoms with Crippen LogP contribution in [0, 0.1) is 5.92 Å². The molecule has 0 aliphatic heterocycles.